The quantitative estimate of drug-likeness (QED) is 0.750. The lowest BCUT2D eigenvalue weighted by atomic mass is 10.3. The lowest BCUT2D eigenvalue weighted by Gasteiger charge is -2.07. The predicted molar refractivity (Wildman–Crippen MR) is 75.1 cm³/mol. The molecule has 0 spiro atoms. The lowest BCUT2D eigenvalue weighted by molar-refractivity contribution is 0.288. The van der Waals surface area contributed by atoms with Crippen LogP contribution in [0.1, 0.15) is 0 Å². The highest BCUT2D eigenvalue weighted by Gasteiger charge is 2.05. The van der Waals surface area contributed by atoms with E-state index in [-0.39, 0.29) is 0 Å². The Hall–Kier alpha value is -0.400. The molecule has 0 radical (unpaired) electrons. The van der Waals surface area contributed by atoms with E-state index in [9.17, 15) is 0 Å². The molecule has 90 valence electrons. The minimum absolute atomic E-state index is 0.525. The zero-order chi connectivity index (χ0) is 12.3. The van der Waals surface area contributed by atoms with Gasteiger partial charge in [0.15, 0.2) is 4.73 Å². The van der Waals surface area contributed by atoms with Crippen LogP contribution >= 0.6 is 47.8 Å². The van der Waals surface area contributed by atoms with Gasteiger partial charge in [0.2, 0.25) is 4.73 Å². The third kappa shape index (κ3) is 3.53. The standard InChI is InChI=1S/C10H8Br3N3O/c11-7-3-1-2-4-8(7)17-6-5-16-10(13)14-9(12)15-16/h1-4H,5-6H2. The first-order chi connectivity index (χ1) is 8.16. The van der Waals surface area contributed by atoms with E-state index in [0.29, 0.717) is 22.6 Å². The van der Waals surface area contributed by atoms with E-state index in [2.05, 4.69) is 57.9 Å². The number of hydrogen-bond acceptors (Lipinski definition) is 3. The number of benzene rings is 1. The first kappa shape index (κ1) is 13.0. The van der Waals surface area contributed by atoms with Gasteiger partial charge < -0.3 is 4.74 Å². The second-order valence-electron chi connectivity index (χ2n) is 3.15. The molecule has 0 atom stereocenters. The van der Waals surface area contributed by atoms with Crippen LogP contribution in [-0.2, 0) is 6.54 Å². The Kier molecular flexibility index (Phi) is 4.58. The highest BCUT2D eigenvalue weighted by atomic mass is 79.9. The van der Waals surface area contributed by atoms with Gasteiger partial charge in [0.05, 0.1) is 11.0 Å². The highest BCUT2D eigenvalue weighted by molar-refractivity contribution is 9.11. The second-order valence-corrected chi connectivity index (χ2v) is 5.42. The third-order valence-electron chi connectivity index (χ3n) is 2.00. The van der Waals surface area contributed by atoms with Gasteiger partial charge in [0, 0.05) is 0 Å². The Balaban J connectivity index is 1.92. The summed E-state index contributed by atoms with van der Waals surface area (Å²) >= 11 is 9.95. The van der Waals surface area contributed by atoms with E-state index < -0.39 is 0 Å². The van der Waals surface area contributed by atoms with Crippen LogP contribution in [0.4, 0.5) is 0 Å². The summed E-state index contributed by atoms with van der Waals surface area (Å²) in [6, 6.07) is 7.73. The van der Waals surface area contributed by atoms with Gasteiger partial charge in [0.1, 0.15) is 12.4 Å². The van der Waals surface area contributed by atoms with Crippen LogP contribution in [0, 0.1) is 0 Å². The molecule has 2 rings (SSSR count). The minimum Gasteiger partial charge on any atom is -0.490 e. The van der Waals surface area contributed by atoms with Crippen LogP contribution in [0.5, 0.6) is 5.75 Å². The number of halogens is 3. The van der Waals surface area contributed by atoms with Gasteiger partial charge in [-0.1, -0.05) is 12.1 Å². The summed E-state index contributed by atoms with van der Waals surface area (Å²) in [4.78, 5) is 4.07. The van der Waals surface area contributed by atoms with Gasteiger partial charge in [-0.25, -0.2) is 4.68 Å². The Bertz CT molecular complexity index is 515. The normalized spacial score (nSPS) is 10.5. The summed E-state index contributed by atoms with van der Waals surface area (Å²) in [6.07, 6.45) is 0. The first-order valence-electron chi connectivity index (χ1n) is 4.80. The molecule has 0 fully saturated rings. The minimum atomic E-state index is 0.525. The van der Waals surface area contributed by atoms with Crippen molar-refractivity contribution in [1.82, 2.24) is 14.8 Å². The number of hydrogen-bond donors (Lipinski definition) is 0. The topological polar surface area (TPSA) is 39.9 Å². The lowest BCUT2D eigenvalue weighted by Crippen LogP contribution is -2.10. The van der Waals surface area contributed by atoms with Crippen molar-refractivity contribution in [3.8, 4) is 5.75 Å². The van der Waals surface area contributed by atoms with Crippen molar-refractivity contribution >= 4 is 47.8 Å². The Morgan fingerprint density at radius 1 is 1.18 bits per heavy atom. The van der Waals surface area contributed by atoms with Crippen molar-refractivity contribution in [2.45, 2.75) is 6.54 Å². The molecular formula is C10H8Br3N3O. The number of aromatic nitrogens is 3. The van der Waals surface area contributed by atoms with Crippen LogP contribution in [-0.4, -0.2) is 21.4 Å². The maximum atomic E-state index is 5.63. The summed E-state index contributed by atoms with van der Waals surface area (Å²) in [7, 11) is 0. The summed E-state index contributed by atoms with van der Waals surface area (Å²) in [5.41, 5.74) is 0. The molecule has 17 heavy (non-hydrogen) atoms. The number of rotatable bonds is 4. The van der Waals surface area contributed by atoms with E-state index in [0.717, 1.165) is 10.2 Å². The van der Waals surface area contributed by atoms with Gasteiger partial charge in [-0.3, -0.25) is 0 Å². The van der Waals surface area contributed by atoms with Crippen LogP contribution in [0.15, 0.2) is 38.2 Å². The van der Waals surface area contributed by atoms with Crippen LogP contribution in [0.2, 0.25) is 0 Å². The van der Waals surface area contributed by atoms with Gasteiger partial charge in [-0.2, -0.15) is 4.98 Å². The molecule has 0 aliphatic carbocycles. The fourth-order valence-electron chi connectivity index (χ4n) is 1.24. The molecule has 7 heteroatoms. The molecule has 0 aliphatic heterocycles. The largest absolute Gasteiger partial charge is 0.490 e. The molecule has 1 aromatic carbocycles. The van der Waals surface area contributed by atoms with Gasteiger partial charge in [-0.05, 0) is 59.9 Å². The van der Waals surface area contributed by atoms with Crippen molar-refractivity contribution in [2.24, 2.45) is 0 Å². The van der Waals surface area contributed by atoms with Crippen LogP contribution in [0.3, 0.4) is 0 Å². The molecule has 0 unspecified atom stereocenters. The average molecular weight is 426 g/mol. The molecule has 0 saturated heterocycles. The molecule has 0 N–H and O–H groups in total. The van der Waals surface area contributed by atoms with E-state index in [4.69, 9.17) is 4.74 Å². The van der Waals surface area contributed by atoms with E-state index in [1.165, 1.54) is 0 Å². The molecular weight excluding hydrogens is 418 g/mol. The summed E-state index contributed by atoms with van der Waals surface area (Å²) in [5, 5.41) is 4.15. The van der Waals surface area contributed by atoms with Crippen molar-refractivity contribution in [3.05, 3.63) is 38.2 Å². The summed E-state index contributed by atoms with van der Waals surface area (Å²) < 4.78 is 9.54. The van der Waals surface area contributed by atoms with Gasteiger partial charge >= 0.3 is 0 Å². The molecule has 0 saturated carbocycles. The third-order valence-corrected chi connectivity index (χ3v) is 3.58. The van der Waals surface area contributed by atoms with Crippen molar-refractivity contribution in [2.75, 3.05) is 6.61 Å². The molecule has 0 amide bonds. The molecule has 1 heterocycles. The summed E-state index contributed by atoms with van der Waals surface area (Å²) in [5.74, 6) is 0.822. The number of ether oxygens (including phenoxy) is 1. The van der Waals surface area contributed by atoms with Crippen molar-refractivity contribution in [1.29, 1.82) is 0 Å². The zero-order valence-electron chi connectivity index (χ0n) is 8.61. The molecule has 0 aliphatic rings. The predicted octanol–water partition coefficient (Wildman–Crippen LogP) is 3.64. The molecule has 1 aromatic heterocycles. The van der Waals surface area contributed by atoms with E-state index in [1.807, 2.05) is 24.3 Å². The average Bonchev–Trinajstić information content (AvgIpc) is 2.60. The monoisotopic (exact) mass is 423 g/mol. The highest BCUT2D eigenvalue weighted by Crippen LogP contribution is 2.23. The van der Waals surface area contributed by atoms with E-state index >= 15 is 0 Å². The second kappa shape index (κ2) is 5.97. The SMILES string of the molecule is Brc1nc(Br)n(CCOc2ccccc2Br)n1. The maximum Gasteiger partial charge on any atom is 0.218 e. The summed E-state index contributed by atoms with van der Waals surface area (Å²) in [6.45, 7) is 1.15. The maximum absolute atomic E-state index is 5.63. The van der Waals surface area contributed by atoms with Gasteiger partial charge in [-0.15, -0.1) is 5.10 Å². The Morgan fingerprint density at radius 3 is 2.59 bits per heavy atom. The Morgan fingerprint density at radius 2 is 1.94 bits per heavy atom. The number of nitrogens with zero attached hydrogens (tertiary/aromatic N) is 3. The molecule has 4 nitrogen and oxygen atoms in total. The zero-order valence-corrected chi connectivity index (χ0v) is 13.4. The Labute approximate surface area is 124 Å². The fourth-order valence-corrected chi connectivity index (χ4v) is 2.66. The van der Waals surface area contributed by atoms with Crippen LogP contribution in [0.25, 0.3) is 0 Å². The first-order valence-corrected chi connectivity index (χ1v) is 7.18. The van der Waals surface area contributed by atoms with Gasteiger partial charge in [0.25, 0.3) is 0 Å². The smallest absolute Gasteiger partial charge is 0.218 e. The van der Waals surface area contributed by atoms with E-state index in [1.54, 1.807) is 4.68 Å². The molecule has 2 aromatic rings. The van der Waals surface area contributed by atoms with Crippen molar-refractivity contribution < 1.29 is 4.74 Å². The fraction of sp³-hybridized carbons (Fsp3) is 0.200. The number of para-hydroxylation sites is 1. The molecule has 0 bridgehead atoms. The van der Waals surface area contributed by atoms with Crippen molar-refractivity contribution in [3.63, 3.8) is 0 Å². The van der Waals surface area contributed by atoms with Crippen LogP contribution < -0.4 is 4.74 Å².